The van der Waals surface area contributed by atoms with Gasteiger partial charge in [0.05, 0.1) is 11.7 Å². The van der Waals surface area contributed by atoms with Crippen molar-refractivity contribution in [2.45, 2.75) is 109 Å². The van der Waals surface area contributed by atoms with E-state index in [4.69, 9.17) is 19.4 Å². The molecule has 0 spiro atoms. The van der Waals surface area contributed by atoms with Crippen LogP contribution in [0.1, 0.15) is 88.2 Å². The van der Waals surface area contributed by atoms with E-state index in [0.717, 1.165) is 59.4 Å². The summed E-state index contributed by atoms with van der Waals surface area (Å²) in [5.74, 6) is 1.24. The number of aryl methyl sites for hydroxylation is 2. The molecule has 1 aliphatic carbocycles. The van der Waals surface area contributed by atoms with Gasteiger partial charge in [0.1, 0.15) is 12.2 Å². The smallest absolute Gasteiger partial charge is 0.407 e. The van der Waals surface area contributed by atoms with Gasteiger partial charge in [-0.3, -0.25) is 9.52 Å². The molecule has 0 saturated heterocycles. The zero-order valence-electron chi connectivity index (χ0n) is 28.1. The second-order valence-electron chi connectivity index (χ2n) is 13.9. The van der Waals surface area contributed by atoms with E-state index < -0.39 is 11.7 Å². The number of nitrogens with one attached hydrogen (secondary N) is 2. The first kappa shape index (κ1) is 33.6. The summed E-state index contributed by atoms with van der Waals surface area (Å²) in [6.07, 6.45) is 3.44. The maximum Gasteiger partial charge on any atom is 0.407 e. The lowest BCUT2D eigenvalue weighted by Gasteiger charge is -2.42. The Bertz CT molecular complexity index is 1530. The number of carbonyl (C=O) groups excluding carboxylic acids is 2. The maximum atomic E-state index is 14.4. The Kier molecular flexibility index (Phi) is 10.5. The molecular weight excluding hydrogens is 598 g/mol. The first-order valence-electron chi connectivity index (χ1n) is 16.3. The minimum atomic E-state index is -0.553. The van der Waals surface area contributed by atoms with E-state index in [9.17, 15) is 9.59 Å². The third kappa shape index (κ3) is 8.51. The van der Waals surface area contributed by atoms with Crippen molar-refractivity contribution in [1.82, 2.24) is 20.2 Å². The molecule has 1 atom stereocenters. The molecule has 2 heterocycles. The number of nitrogens with zero attached hydrogens (tertiary/aromatic N) is 3. The van der Waals surface area contributed by atoms with Gasteiger partial charge >= 0.3 is 6.09 Å². The number of hydrogen-bond donors (Lipinski definition) is 2. The number of anilines is 1. The fourth-order valence-electron chi connectivity index (χ4n) is 6.43. The van der Waals surface area contributed by atoms with Crippen LogP contribution in [-0.4, -0.2) is 57.2 Å². The van der Waals surface area contributed by atoms with Crippen molar-refractivity contribution < 1.29 is 19.1 Å². The minimum absolute atomic E-state index is 0.00207. The molecule has 2 N–H and O–H groups in total. The molecule has 1 saturated carbocycles. The van der Waals surface area contributed by atoms with Crippen LogP contribution in [0, 0.1) is 19.8 Å². The largest absolute Gasteiger partial charge is 0.475 e. The zero-order valence-corrected chi connectivity index (χ0v) is 28.9. The molecule has 246 valence electrons. The molecule has 2 aliphatic rings. The summed E-state index contributed by atoms with van der Waals surface area (Å²) in [4.78, 5) is 39.5. The van der Waals surface area contributed by atoms with Crippen LogP contribution in [0.15, 0.2) is 53.4 Å². The molecule has 2 aromatic carbocycles. The number of benzene rings is 2. The summed E-state index contributed by atoms with van der Waals surface area (Å²) in [5.41, 5.74) is 4.18. The van der Waals surface area contributed by atoms with Crippen LogP contribution in [0.25, 0.3) is 11.3 Å². The Morgan fingerprint density at radius 2 is 1.76 bits per heavy atom. The summed E-state index contributed by atoms with van der Waals surface area (Å²) in [5, 5.41) is 3.04. The lowest BCUT2D eigenvalue weighted by atomic mass is 9.88. The fraction of sp³-hybridized carbons (Fsp3) is 0.500. The second-order valence-corrected chi connectivity index (χ2v) is 14.8. The van der Waals surface area contributed by atoms with E-state index >= 15 is 0 Å². The third-order valence-corrected chi connectivity index (χ3v) is 9.16. The molecule has 10 heteroatoms. The number of aromatic nitrogens is 2. The van der Waals surface area contributed by atoms with Gasteiger partial charge in [0.2, 0.25) is 11.8 Å². The van der Waals surface area contributed by atoms with Crippen molar-refractivity contribution in [2.24, 2.45) is 5.92 Å². The topological polar surface area (TPSA) is 106 Å². The monoisotopic (exact) mass is 645 g/mol. The van der Waals surface area contributed by atoms with Crippen molar-refractivity contribution in [1.29, 1.82) is 0 Å². The fourth-order valence-corrected chi connectivity index (χ4v) is 7.06. The summed E-state index contributed by atoms with van der Waals surface area (Å²) < 4.78 is 15.3. The van der Waals surface area contributed by atoms with Crippen molar-refractivity contribution >= 4 is 29.9 Å². The third-order valence-electron chi connectivity index (χ3n) is 8.39. The van der Waals surface area contributed by atoms with Gasteiger partial charge in [-0.2, -0.15) is 4.98 Å². The normalized spacial score (nSPS) is 20.5. The lowest BCUT2D eigenvalue weighted by molar-refractivity contribution is 0.0319. The van der Waals surface area contributed by atoms with Crippen LogP contribution in [0.3, 0.4) is 0 Å². The van der Waals surface area contributed by atoms with Gasteiger partial charge in [0.25, 0.3) is 5.91 Å². The molecule has 5 rings (SSSR count). The van der Waals surface area contributed by atoms with Gasteiger partial charge in [0, 0.05) is 34.2 Å². The lowest BCUT2D eigenvalue weighted by Crippen LogP contribution is -2.53. The molecular formula is C36H47N5O4S. The van der Waals surface area contributed by atoms with E-state index in [1.807, 2.05) is 57.2 Å². The minimum Gasteiger partial charge on any atom is -0.475 e. The van der Waals surface area contributed by atoms with Crippen LogP contribution in [0.5, 0.6) is 5.88 Å². The maximum absolute atomic E-state index is 14.4. The SMILES string of the molecule is Cc1cccc(C)c1-c1cc2nc(n1)NSc1cccc(c1)C(=O)N(C1CCC(NC(=O)OC(C)(C)C)CC1)[C@H](CC(C)C)CO2. The summed E-state index contributed by atoms with van der Waals surface area (Å²) in [7, 11) is 0. The van der Waals surface area contributed by atoms with Gasteiger partial charge in [-0.15, -0.1) is 0 Å². The molecule has 4 bridgehead atoms. The van der Waals surface area contributed by atoms with Crippen LogP contribution in [0.2, 0.25) is 0 Å². The number of rotatable bonds is 5. The number of amides is 2. The number of carbonyl (C=O) groups is 2. The summed E-state index contributed by atoms with van der Waals surface area (Å²) in [6, 6.07) is 15.7. The zero-order chi connectivity index (χ0) is 33.0. The summed E-state index contributed by atoms with van der Waals surface area (Å²) >= 11 is 1.37. The highest BCUT2D eigenvalue weighted by atomic mass is 32.2. The van der Waals surface area contributed by atoms with E-state index in [1.165, 1.54) is 11.9 Å². The number of alkyl carbamates (subject to hydrolysis) is 1. The predicted molar refractivity (Wildman–Crippen MR) is 183 cm³/mol. The van der Waals surface area contributed by atoms with Crippen LogP contribution in [-0.2, 0) is 4.74 Å². The predicted octanol–water partition coefficient (Wildman–Crippen LogP) is 7.96. The average Bonchev–Trinajstić information content (AvgIpc) is 2.98. The molecule has 0 unspecified atom stereocenters. The van der Waals surface area contributed by atoms with Crippen LogP contribution in [0.4, 0.5) is 10.7 Å². The van der Waals surface area contributed by atoms with Gasteiger partial charge in [0.15, 0.2) is 0 Å². The van der Waals surface area contributed by atoms with Crippen molar-refractivity contribution in [3.05, 3.63) is 65.2 Å². The number of hydrogen-bond acceptors (Lipinski definition) is 8. The Morgan fingerprint density at radius 3 is 2.43 bits per heavy atom. The first-order valence-corrected chi connectivity index (χ1v) is 17.1. The highest BCUT2D eigenvalue weighted by Crippen LogP contribution is 2.33. The molecule has 1 fully saturated rings. The van der Waals surface area contributed by atoms with E-state index in [0.29, 0.717) is 29.9 Å². The standard InChI is InChI=1S/C36H47N5O4S/c1-22(2)18-28-21-44-31-20-30(32-23(3)10-8-11-24(32)4)38-34(39-31)40-46-29-13-9-12-25(19-29)33(42)41(28)27-16-14-26(15-17-27)37-35(43)45-36(5,6)7/h8-13,19-20,22,26-28H,14-18,21H2,1-7H3,(H,37,43)(H,38,39,40)/t26?,27?,28-/m1/s1. The van der Waals surface area contributed by atoms with Crippen LogP contribution >= 0.6 is 11.9 Å². The number of ether oxygens (including phenoxy) is 2. The van der Waals surface area contributed by atoms with Crippen molar-refractivity contribution in [2.75, 3.05) is 11.3 Å². The average molecular weight is 646 g/mol. The second kappa shape index (κ2) is 14.3. The molecule has 9 nitrogen and oxygen atoms in total. The molecule has 1 aliphatic heterocycles. The van der Waals surface area contributed by atoms with E-state index in [-0.39, 0.29) is 24.0 Å². The van der Waals surface area contributed by atoms with Gasteiger partial charge < -0.3 is 19.7 Å². The highest BCUT2D eigenvalue weighted by Gasteiger charge is 2.36. The van der Waals surface area contributed by atoms with Crippen LogP contribution < -0.4 is 14.8 Å². The number of fused-ring (bicyclic) bond motifs is 4. The Morgan fingerprint density at radius 1 is 1.07 bits per heavy atom. The van der Waals surface area contributed by atoms with Gasteiger partial charge in [-0.1, -0.05) is 38.1 Å². The van der Waals surface area contributed by atoms with Crippen molar-refractivity contribution in [3.63, 3.8) is 0 Å². The molecule has 3 aromatic rings. The molecule has 0 radical (unpaired) electrons. The first-order chi connectivity index (χ1) is 21.9. The van der Waals surface area contributed by atoms with E-state index in [1.54, 1.807) is 0 Å². The van der Waals surface area contributed by atoms with E-state index in [2.05, 4.69) is 54.8 Å². The van der Waals surface area contributed by atoms with Crippen molar-refractivity contribution in [3.8, 4) is 17.1 Å². The Labute approximate surface area is 277 Å². The van der Waals surface area contributed by atoms with Gasteiger partial charge in [-0.25, -0.2) is 9.78 Å². The Balaban J connectivity index is 1.47. The van der Waals surface area contributed by atoms with Gasteiger partial charge in [-0.05, 0) is 114 Å². The molecule has 2 amide bonds. The highest BCUT2D eigenvalue weighted by molar-refractivity contribution is 8.00. The molecule has 46 heavy (non-hydrogen) atoms. The summed E-state index contributed by atoms with van der Waals surface area (Å²) in [6.45, 7) is 14.4. The Hall–Kier alpha value is -3.79. The quantitative estimate of drug-likeness (QED) is 0.269. The molecule has 1 aromatic heterocycles.